The molecule has 1 fully saturated rings. The number of hydrogen-bond donors (Lipinski definition) is 2. The molecule has 1 aliphatic rings. The number of amides is 1. The van der Waals surface area contributed by atoms with E-state index in [1.165, 1.54) is 0 Å². The fourth-order valence-electron chi connectivity index (χ4n) is 3.28. The second kappa shape index (κ2) is 6.87. The van der Waals surface area contributed by atoms with Gasteiger partial charge in [0.1, 0.15) is 0 Å². The van der Waals surface area contributed by atoms with Gasteiger partial charge >= 0.3 is 0 Å². The standard InChI is InChI=1S/C16H21N5O2/c1-2-21(13-9-5-6-10-14(13)22)16(23)12-8-4-3-7-11(12)15-17-19-20-18-15/h3-4,7-8,13-14,22H,2,5-6,9-10H2,1H3,(H,17,18,19,20)/t13-,14-/m0/s1. The number of aromatic amines is 1. The van der Waals surface area contributed by atoms with Gasteiger partial charge < -0.3 is 10.0 Å². The van der Waals surface area contributed by atoms with Crippen molar-refractivity contribution in [1.82, 2.24) is 25.5 Å². The molecule has 0 bridgehead atoms. The van der Waals surface area contributed by atoms with Crippen molar-refractivity contribution < 1.29 is 9.90 Å². The number of carbonyl (C=O) groups excluding carboxylic acids is 1. The Balaban J connectivity index is 1.93. The summed E-state index contributed by atoms with van der Waals surface area (Å²) in [5.74, 6) is 0.299. The van der Waals surface area contributed by atoms with Crippen LogP contribution >= 0.6 is 0 Å². The van der Waals surface area contributed by atoms with Crippen LogP contribution in [0, 0.1) is 0 Å². The number of nitrogens with one attached hydrogen (secondary N) is 1. The number of nitrogens with zero attached hydrogens (tertiary/aromatic N) is 4. The highest BCUT2D eigenvalue weighted by Gasteiger charge is 2.32. The fraction of sp³-hybridized carbons (Fsp3) is 0.500. The summed E-state index contributed by atoms with van der Waals surface area (Å²) >= 11 is 0. The van der Waals surface area contributed by atoms with E-state index in [1.807, 2.05) is 25.1 Å². The third-order valence-electron chi connectivity index (χ3n) is 4.44. The zero-order chi connectivity index (χ0) is 16.2. The first-order valence-electron chi connectivity index (χ1n) is 8.04. The molecule has 1 aliphatic carbocycles. The smallest absolute Gasteiger partial charge is 0.254 e. The average molecular weight is 315 g/mol. The van der Waals surface area contributed by atoms with Gasteiger partial charge in [0.15, 0.2) is 0 Å². The Morgan fingerprint density at radius 1 is 1.35 bits per heavy atom. The van der Waals surface area contributed by atoms with E-state index in [9.17, 15) is 9.90 Å². The number of aliphatic hydroxyl groups excluding tert-OH is 1. The fourth-order valence-corrected chi connectivity index (χ4v) is 3.28. The van der Waals surface area contributed by atoms with Gasteiger partial charge in [-0.15, -0.1) is 10.2 Å². The van der Waals surface area contributed by atoms with Crippen molar-refractivity contribution in [3.8, 4) is 11.4 Å². The van der Waals surface area contributed by atoms with Crippen LogP contribution < -0.4 is 0 Å². The van der Waals surface area contributed by atoms with E-state index in [4.69, 9.17) is 0 Å². The van der Waals surface area contributed by atoms with Gasteiger partial charge in [-0.3, -0.25) is 4.79 Å². The summed E-state index contributed by atoms with van der Waals surface area (Å²) in [5, 5.41) is 24.2. The van der Waals surface area contributed by atoms with Crippen LogP contribution in [0.1, 0.15) is 43.0 Å². The molecule has 7 heteroatoms. The van der Waals surface area contributed by atoms with Crippen LogP contribution in [-0.4, -0.2) is 55.2 Å². The Morgan fingerprint density at radius 2 is 2.13 bits per heavy atom. The zero-order valence-corrected chi connectivity index (χ0v) is 13.1. The van der Waals surface area contributed by atoms with Crippen LogP contribution in [0.3, 0.4) is 0 Å². The maximum atomic E-state index is 13.1. The molecule has 0 spiro atoms. The van der Waals surface area contributed by atoms with E-state index in [-0.39, 0.29) is 11.9 Å². The highest BCUT2D eigenvalue weighted by molar-refractivity contribution is 6.00. The minimum Gasteiger partial charge on any atom is -0.391 e. The molecule has 1 saturated carbocycles. The highest BCUT2D eigenvalue weighted by atomic mass is 16.3. The molecular weight excluding hydrogens is 294 g/mol. The Hall–Kier alpha value is -2.28. The van der Waals surface area contributed by atoms with E-state index >= 15 is 0 Å². The maximum Gasteiger partial charge on any atom is 0.254 e. The number of tetrazole rings is 1. The Morgan fingerprint density at radius 3 is 2.83 bits per heavy atom. The van der Waals surface area contributed by atoms with Crippen molar-refractivity contribution in [2.24, 2.45) is 0 Å². The molecular formula is C16H21N5O2. The Bertz CT molecular complexity index is 658. The summed E-state index contributed by atoms with van der Waals surface area (Å²) < 4.78 is 0. The third-order valence-corrected chi connectivity index (χ3v) is 4.44. The minimum absolute atomic E-state index is 0.0983. The molecule has 2 aromatic rings. The van der Waals surface area contributed by atoms with E-state index in [2.05, 4.69) is 20.6 Å². The first-order valence-corrected chi connectivity index (χ1v) is 8.04. The summed E-state index contributed by atoms with van der Waals surface area (Å²) in [4.78, 5) is 14.8. The summed E-state index contributed by atoms with van der Waals surface area (Å²) in [6.45, 7) is 2.50. The number of likely N-dealkylation sites (N-methyl/N-ethyl adjacent to an activating group) is 1. The number of hydrogen-bond acceptors (Lipinski definition) is 5. The number of benzene rings is 1. The largest absolute Gasteiger partial charge is 0.391 e. The monoisotopic (exact) mass is 315 g/mol. The Labute approximate surface area is 134 Å². The van der Waals surface area contributed by atoms with Crippen LogP contribution in [-0.2, 0) is 0 Å². The molecule has 122 valence electrons. The summed E-state index contributed by atoms with van der Waals surface area (Å²) in [6.07, 6.45) is 3.19. The van der Waals surface area contributed by atoms with Crippen molar-refractivity contribution in [3.63, 3.8) is 0 Å². The molecule has 0 aliphatic heterocycles. The van der Waals surface area contributed by atoms with Gasteiger partial charge in [0.25, 0.3) is 5.91 Å². The van der Waals surface area contributed by atoms with Gasteiger partial charge in [0.05, 0.1) is 17.7 Å². The predicted octanol–water partition coefficient (Wildman–Crippen LogP) is 1.63. The van der Waals surface area contributed by atoms with Crippen molar-refractivity contribution >= 4 is 5.91 Å². The lowest BCUT2D eigenvalue weighted by Gasteiger charge is -2.37. The summed E-state index contributed by atoms with van der Waals surface area (Å²) in [5.41, 5.74) is 1.18. The number of rotatable bonds is 4. The lowest BCUT2D eigenvalue weighted by Crippen LogP contribution is -2.48. The van der Waals surface area contributed by atoms with E-state index in [1.54, 1.807) is 11.0 Å². The number of H-pyrrole nitrogens is 1. The Kier molecular flexibility index (Phi) is 4.66. The topological polar surface area (TPSA) is 95.0 Å². The molecule has 1 heterocycles. The molecule has 0 radical (unpaired) electrons. The molecule has 1 aromatic carbocycles. The first kappa shape index (κ1) is 15.6. The first-order chi connectivity index (χ1) is 11.2. The van der Waals surface area contributed by atoms with Gasteiger partial charge in [-0.2, -0.15) is 5.21 Å². The van der Waals surface area contributed by atoms with Crippen LogP contribution in [0.25, 0.3) is 11.4 Å². The molecule has 0 unspecified atom stereocenters. The lowest BCUT2D eigenvalue weighted by molar-refractivity contribution is 0.0197. The number of aromatic nitrogens is 4. The molecule has 7 nitrogen and oxygen atoms in total. The van der Waals surface area contributed by atoms with Crippen LogP contribution in [0.2, 0.25) is 0 Å². The van der Waals surface area contributed by atoms with Gasteiger partial charge in [-0.25, -0.2) is 0 Å². The maximum absolute atomic E-state index is 13.1. The molecule has 0 saturated heterocycles. The van der Waals surface area contributed by atoms with Crippen molar-refractivity contribution in [2.45, 2.75) is 44.8 Å². The van der Waals surface area contributed by atoms with E-state index in [0.717, 1.165) is 25.7 Å². The molecule has 1 aromatic heterocycles. The lowest BCUT2D eigenvalue weighted by atomic mass is 9.90. The number of aliphatic hydroxyl groups is 1. The second-order valence-corrected chi connectivity index (χ2v) is 5.79. The number of carbonyl (C=O) groups is 1. The molecule has 23 heavy (non-hydrogen) atoms. The predicted molar refractivity (Wildman–Crippen MR) is 84.6 cm³/mol. The zero-order valence-electron chi connectivity index (χ0n) is 13.1. The van der Waals surface area contributed by atoms with E-state index in [0.29, 0.717) is 23.5 Å². The SMILES string of the molecule is CCN(C(=O)c1ccccc1-c1nn[nH]n1)[C@H]1CCCC[C@@H]1O. The molecule has 2 N–H and O–H groups in total. The van der Waals surface area contributed by atoms with Gasteiger partial charge in [0, 0.05) is 12.1 Å². The highest BCUT2D eigenvalue weighted by Crippen LogP contribution is 2.27. The summed E-state index contributed by atoms with van der Waals surface area (Å²) in [6, 6.07) is 7.12. The van der Waals surface area contributed by atoms with Crippen molar-refractivity contribution in [3.05, 3.63) is 29.8 Å². The third kappa shape index (κ3) is 3.10. The van der Waals surface area contributed by atoms with Gasteiger partial charge in [-0.1, -0.05) is 31.0 Å². The van der Waals surface area contributed by atoms with Crippen LogP contribution in [0.15, 0.2) is 24.3 Å². The minimum atomic E-state index is -0.454. The van der Waals surface area contributed by atoms with Crippen LogP contribution in [0.5, 0.6) is 0 Å². The van der Waals surface area contributed by atoms with Crippen molar-refractivity contribution in [2.75, 3.05) is 6.54 Å². The second-order valence-electron chi connectivity index (χ2n) is 5.79. The normalized spacial score (nSPS) is 21.1. The van der Waals surface area contributed by atoms with Crippen molar-refractivity contribution in [1.29, 1.82) is 0 Å². The average Bonchev–Trinajstić information content (AvgIpc) is 3.11. The summed E-state index contributed by atoms with van der Waals surface area (Å²) in [7, 11) is 0. The van der Waals surface area contributed by atoms with Gasteiger partial charge in [-0.05, 0) is 31.0 Å². The molecule has 2 atom stereocenters. The van der Waals surface area contributed by atoms with Crippen LogP contribution in [0.4, 0.5) is 0 Å². The molecule has 1 amide bonds. The van der Waals surface area contributed by atoms with Gasteiger partial charge in [0.2, 0.25) is 5.82 Å². The quantitative estimate of drug-likeness (QED) is 0.894. The molecule has 3 rings (SSSR count). The van der Waals surface area contributed by atoms with E-state index < -0.39 is 6.10 Å².